The molecule has 0 amide bonds. The van der Waals surface area contributed by atoms with Crippen LogP contribution in [0.25, 0.3) is 5.65 Å². The third-order valence-corrected chi connectivity index (χ3v) is 3.05. The van der Waals surface area contributed by atoms with Crippen molar-refractivity contribution in [2.45, 2.75) is 18.4 Å². The van der Waals surface area contributed by atoms with Crippen molar-refractivity contribution in [3.05, 3.63) is 23.2 Å². The molecule has 1 saturated carbocycles. The molecule has 84 valence electrons. The van der Waals surface area contributed by atoms with Crippen LogP contribution in [0.2, 0.25) is 5.15 Å². The van der Waals surface area contributed by atoms with Crippen molar-refractivity contribution in [3.63, 3.8) is 0 Å². The van der Waals surface area contributed by atoms with E-state index in [1.54, 1.807) is 17.7 Å². The second-order valence-corrected chi connectivity index (χ2v) is 4.47. The Balaban J connectivity index is 2.23. The number of methoxy groups -OCH3 is 1. The maximum absolute atomic E-state index is 6.09. The molecule has 0 aromatic carbocycles. The van der Waals surface area contributed by atoms with Gasteiger partial charge in [-0.2, -0.15) is 4.98 Å². The van der Waals surface area contributed by atoms with Gasteiger partial charge in [0.05, 0.1) is 18.3 Å². The Morgan fingerprint density at radius 1 is 1.44 bits per heavy atom. The molecule has 0 atom stereocenters. The quantitative estimate of drug-likeness (QED) is 0.858. The number of fused-ring (bicyclic) bond motifs is 1. The summed E-state index contributed by atoms with van der Waals surface area (Å²) >= 11 is 5.87. The second-order valence-electron chi connectivity index (χ2n) is 4.09. The predicted octanol–water partition coefficient (Wildman–Crippen LogP) is 1.34. The first-order valence-corrected chi connectivity index (χ1v) is 5.39. The Bertz CT molecular complexity index is 561. The van der Waals surface area contributed by atoms with Crippen LogP contribution in [0, 0.1) is 0 Å². The molecule has 2 aromatic heterocycles. The lowest BCUT2D eigenvalue weighted by molar-refractivity contribution is 0.400. The molecule has 0 bridgehead atoms. The monoisotopic (exact) mass is 238 g/mol. The minimum absolute atomic E-state index is 0.260. The van der Waals surface area contributed by atoms with E-state index in [4.69, 9.17) is 22.1 Å². The van der Waals surface area contributed by atoms with E-state index in [1.165, 1.54) is 0 Å². The van der Waals surface area contributed by atoms with Crippen molar-refractivity contribution in [3.8, 4) is 5.88 Å². The van der Waals surface area contributed by atoms with Crippen molar-refractivity contribution in [1.29, 1.82) is 0 Å². The van der Waals surface area contributed by atoms with Crippen LogP contribution >= 0.6 is 11.6 Å². The summed E-state index contributed by atoms with van der Waals surface area (Å²) in [6, 6.07) is 0. The molecular weight excluding hydrogens is 228 g/mol. The number of halogens is 1. The van der Waals surface area contributed by atoms with Gasteiger partial charge in [-0.15, -0.1) is 0 Å². The summed E-state index contributed by atoms with van der Waals surface area (Å²) in [7, 11) is 1.54. The molecule has 0 spiro atoms. The summed E-state index contributed by atoms with van der Waals surface area (Å²) in [6.07, 6.45) is 5.53. The lowest BCUT2D eigenvalue weighted by Crippen LogP contribution is -2.18. The van der Waals surface area contributed by atoms with Gasteiger partial charge in [-0.05, 0) is 12.8 Å². The summed E-state index contributed by atoms with van der Waals surface area (Å²) < 4.78 is 6.94. The van der Waals surface area contributed by atoms with Gasteiger partial charge in [-0.1, -0.05) is 11.6 Å². The lowest BCUT2D eigenvalue weighted by atomic mass is 10.2. The average molecular weight is 239 g/mol. The molecule has 1 aliphatic carbocycles. The summed E-state index contributed by atoms with van der Waals surface area (Å²) in [5, 5.41) is 0.371. The number of aromatic nitrogens is 3. The summed E-state index contributed by atoms with van der Waals surface area (Å²) in [4.78, 5) is 8.50. The average Bonchev–Trinajstić information content (AvgIpc) is 2.86. The van der Waals surface area contributed by atoms with E-state index >= 15 is 0 Å². The van der Waals surface area contributed by atoms with Crippen LogP contribution in [0.4, 0.5) is 0 Å². The highest BCUT2D eigenvalue weighted by Gasteiger charge is 2.42. The molecular formula is C10H11ClN4O. The molecule has 0 unspecified atom stereocenters. The predicted molar refractivity (Wildman–Crippen MR) is 59.6 cm³/mol. The van der Waals surface area contributed by atoms with Gasteiger partial charge in [0, 0.05) is 12.4 Å². The highest BCUT2D eigenvalue weighted by Crippen LogP contribution is 2.42. The van der Waals surface area contributed by atoms with Crippen LogP contribution in [-0.2, 0) is 5.54 Å². The van der Waals surface area contributed by atoms with Crippen LogP contribution in [0.3, 0.4) is 0 Å². The molecule has 16 heavy (non-hydrogen) atoms. The van der Waals surface area contributed by atoms with Crippen molar-refractivity contribution >= 4 is 17.2 Å². The number of nitrogens with zero attached hydrogens (tertiary/aromatic N) is 3. The van der Waals surface area contributed by atoms with Crippen molar-refractivity contribution in [2.24, 2.45) is 5.73 Å². The minimum Gasteiger partial charge on any atom is -0.478 e. The van der Waals surface area contributed by atoms with Gasteiger partial charge in [-0.3, -0.25) is 4.40 Å². The number of ether oxygens (including phenoxy) is 1. The number of hydrogen-bond donors (Lipinski definition) is 1. The first-order valence-electron chi connectivity index (χ1n) is 5.01. The summed E-state index contributed by atoms with van der Waals surface area (Å²) in [5.74, 6) is 0.419. The van der Waals surface area contributed by atoms with Gasteiger partial charge in [0.1, 0.15) is 5.15 Å². The van der Waals surface area contributed by atoms with Crippen molar-refractivity contribution < 1.29 is 4.74 Å². The molecule has 2 N–H and O–H groups in total. The fourth-order valence-corrected chi connectivity index (χ4v) is 1.89. The van der Waals surface area contributed by atoms with E-state index in [1.807, 2.05) is 6.20 Å². The normalized spacial score (nSPS) is 17.7. The van der Waals surface area contributed by atoms with Crippen LogP contribution in [0.1, 0.15) is 18.5 Å². The van der Waals surface area contributed by atoms with E-state index in [9.17, 15) is 0 Å². The fourth-order valence-electron chi connectivity index (χ4n) is 1.71. The first-order chi connectivity index (χ1) is 7.62. The largest absolute Gasteiger partial charge is 0.478 e. The highest BCUT2D eigenvalue weighted by atomic mass is 35.5. The molecule has 2 aromatic rings. The SMILES string of the molecule is COc1nc(Cl)cn2cc(C3(N)CC3)nc12. The van der Waals surface area contributed by atoms with E-state index < -0.39 is 0 Å². The molecule has 1 fully saturated rings. The Morgan fingerprint density at radius 2 is 2.19 bits per heavy atom. The van der Waals surface area contributed by atoms with Gasteiger partial charge >= 0.3 is 0 Å². The zero-order valence-electron chi connectivity index (χ0n) is 8.77. The van der Waals surface area contributed by atoms with Gasteiger partial charge in [0.15, 0.2) is 0 Å². The lowest BCUT2D eigenvalue weighted by Gasteiger charge is -2.01. The van der Waals surface area contributed by atoms with E-state index in [0.717, 1.165) is 18.5 Å². The zero-order valence-corrected chi connectivity index (χ0v) is 9.53. The van der Waals surface area contributed by atoms with Gasteiger partial charge in [-0.25, -0.2) is 4.98 Å². The second kappa shape index (κ2) is 3.09. The topological polar surface area (TPSA) is 65.4 Å². The van der Waals surface area contributed by atoms with E-state index in [-0.39, 0.29) is 5.54 Å². The van der Waals surface area contributed by atoms with Gasteiger partial charge < -0.3 is 10.5 Å². The standard InChI is InChI=1S/C10H11ClN4O/c1-16-9-8-13-6(10(12)2-3-10)4-15(8)5-7(11)14-9/h4-5H,2-3,12H2,1H3. The summed E-state index contributed by atoms with van der Waals surface area (Å²) in [5.41, 5.74) is 7.35. The fraction of sp³-hybridized carbons (Fsp3) is 0.400. The van der Waals surface area contributed by atoms with Crippen LogP contribution < -0.4 is 10.5 Å². The Morgan fingerprint density at radius 3 is 2.81 bits per heavy atom. The van der Waals surface area contributed by atoms with Crippen LogP contribution in [-0.4, -0.2) is 21.5 Å². The molecule has 6 heteroatoms. The number of hydrogen-bond acceptors (Lipinski definition) is 4. The van der Waals surface area contributed by atoms with E-state index in [0.29, 0.717) is 16.7 Å². The zero-order chi connectivity index (χ0) is 11.3. The molecule has 1 aliphatic rings. The Kier molecular flexibility index (Phi) is 1.90. The third-order valence-electron chi connectivity index (χ3n) is 2.87. The number of imidazole rings is 1. The van der Waals surface area contributed by atoms with E-state index in [2.05, 4.69) is 9.97 Å². The van der Waals surface area contributed by atoms with Crippen molar-refractivity contribution in [2.75, 3.05) is 7.11 Å². The highest BCUT2D eigenvalue weighted by molar-refractivity contribution is 6.29. The number of nitrogens with two attached hydrogens (primary N) is 1. The Labute approximate surface area is 97.2 Å². The third kappa shape index (κ3) is 1.36. The van der Waals surface area contributed by atoms with Gasteiger partial charge in [0.2, 0.25) is 5.65 Å². The van der Waals surface area contributed by atoms with Crippen molar-refractivity contribution in [1.82, 2.24) is 14.4 Å². The smallest absolute Gasteiger partial charge is 0.259 e. The first kappa shape index (κ1) is 9.86. The van der Waals surface area contributed by atoms with Crippen LogP contribution in [0.15, 0.2) is 12.4 Å². The molecule has 3 rings (SSSR count). The number of rotatable bonds is 2. The Hall–Kier alpha value is -1.33. The molecule has 2 heterocycles. The maximum Gasteiger partial charge on any atom is 0.259 e. The minimum atomic E-state index is -0.260. The maximum atomic E-state index is 6.09. The molecule has 0 radical (unpaired) electrons. The molecule has 0 aliphatic heterocycles. The summed E-state index contributed by atoms with van der Waals surface area (Å²) in [6.45, 7) is 0. The van der Waals surface area contributed by atoms with Crippen LogP contribution in [0.5, 0.6) is 5.88 Å². The van der Waals surface area contributed by atoms with Gasteiger partial charge in [0.25, 0.3) is 5.88 Å². The molecule has 0 saturated heterocycles. The molecule has 5 nitrogen and oxygen atoms in total.